The van der Waals surface area contributed by atoms with Crippen LogP contribution in [0.3, 0.4) is 0 Å². The molecular formula is C10H10BF3KN. The summed E-state index contributed by atoms with van der Waals surface area (Å²) in [5, 5.41) is 0.848. The number of hydrogen-bond acceptors (Lipinski definition) is 0. The predicted octanol–water partition coefficient (Wildman–Crippen LogP) is 0.340. The Morgan fingerprint density at radius 3 is 2.50 bits per heavy atom. The number of nitrogens with zero attached hydrogens (tertiary/aromatic N) is 1. The largest absolute Gasteiger partial charge is 1.00 e. The van der Waals surface area contributed by atoms with Gasteiger partial charge in [0.1, 0.15) is 0 Å². The van der Waals surface area contributed by atoms with Gasteiger partial charge in [-0.2, -0.15) is 0 Å². The van der Waals surface area contributed by atoms with E-state index in [0.29, 0.717) is 5.52 Å². The molecule has 0 saturated carbocycles. The molecule has 2 aromatic rings. The van der Waals surface area contributed by atoms with Crippen molar-refractivity contribution in [2.45, 2.75) is 13.4 Å². The molecule has 1 heterocycles. The second-order valence-electron chi connectivity index (χ2n) is 3.74. The first kappa shape index (κ1) is 14.3. The molecule has 0 spiro atoms. The van der Waals surface area contributed by atoms with Crippen molar-refractivity contribution in [3.05, 3.63) is 36.0 Å². The first-order chi connectivity index (χ1) is 6.96. The van der Waals surface area contributed by atoms with Crippen molar-refractivity contribution < 1.29 is 64.3 Å². The molecule has 80 valence electrons. The molecule has 2 rings (SSSR count). The SMILES string of the molecule is Cc1ccc2ccn(C[B-](F)(F)F)c2c1.[K+]. The molecule has 1 nitrogen and oxygen atoms in total. The van der Waals surface area contributed by atoms with E-state index >= 15 is 0 Å². The number of aryl methyl sites for hydroxylation is 1. The van der Waals surface area contributed by atoms with Crippen LogP contribution in [0.4, 0.5) is 12.9 Å². The third-order valence-electron chi connectivity index (χ3n) is 2.33. The summed E-state index contributed by atoms with van der Waals surface area (Å²) in [6.07, 6.45) is 0.617. The van der Waals surface area contributed by atoms with Gasteiger partial charge >= 0.3 is 58.4 Å². The Bertz CT molecular complexity index is 492. The Kier molecular flexibility index (Phi) is 4.71. The fraction of sp³-hybridized carbons (Fsp3) is 0.200. The van der Waals surface area contributed by atoms with Gasteiger partial charge in [-0.1, -0.05) is 12.1 Å². The second kappa shape index (κ2) is 5.27. The first-order valence-corrected chi connectivity index (χ1v) is 4.72. The summed E-state index contributed by atoms with van der Waals surface area (Å²) in [7, 11) is 0. The normalized spacial score (nSPS) is 11.5. The maximum atomic E-state index is 12.3. The molecule has 0 bridgehead atoms. The van der Waals surface area contributed by atoms with Gasteiger partial charge in [-0.05, 0) is 36.5 Å². The Balaban J connectivity index is 0.00000128. The summed E-state index contributed by atoms with van der Waals surface area (Å²) < 4.78 is 38.1. The van der Waals surface area contributed by atoms with Gasteiger partial charge in [0, 0.05) is 11.7 Å². The van der Waals surface area contributed by atoms with Gasteiger partial charge in [-0.15, -0.1) is 0 Å². The van der Waals surface area contributed by atoms with E-state index in [4.69, 9.17) is 0 Å². The van der Waals surface area contributed by atoms with Crippen molar-refractivity contribution in [2.24, 2.45) is 0 Å². The number of halogens is 3. The number of fused-ring (bicyclic) bond motifs is 1. The molecule has 6 heteroatoms. The second-order valence-corrected chi connectivity index (χ2v) is 3.74. The fourth-order valence-corrected chi connectivity index (χ4v) is 1.68. The van der Waals surface area contributed by atoms with Crippen LogP contribution in [0.15, 0.2) is 30.5 Å². The van der Waals surface area contributed by atoms with Crippen LogP contribution in [0, 0.1) is 6.92 Å². The molecule has 0 atom stereocenters. The molecular weight excluding hydrogens is 241 g/mol. The Hall–Kier alpha value is 0.251. The van der Waals surface area contributed by atoms with Crippen LogP contribution in [-0.4, -0.2) is 11.5 Å². The monoisotopic (exact) mass is 251 g/mol. The van der Waals surface area contributed by atoms with Gasteiger partial charge in [-0.3, -0.25) is 0 Å². The van der Waals surface area contributed by atoms with E-state index in [-0.39, 0.29) is 51.4 Å². The Labute approximate surface area is 134 Å². The molecule has 0 saturated heterocycles. The van der Waals surface area contributed by atoms with Gasteiger partial charge in [0.25, 0.3) is 0 Å². The van der Waals surface area contributed by atoms with E-state index in [2.05, 4.69) is 0 Å². The Morgan fingerprint density at radius 2 is 1.88 bits per heavy atom. The third kappa shape index (κ3) is 3.37. The summed E-state index contributed by atoms with van der Waals surface area (Å²) in [4.78, 5) is 0. The summed E-state index contributed by atoms with van der Waals surface area (Å²) in [6.45, 7) is -2.91. The van der Waals surface area contributed by atoms with Crippen molar-refractivity contribution in [3.8, 4) is 0 Å². The van der Waals surface area contributed by atoms with Crippen LogP contribution in [0.1, 0.15) is 5.56 Å². The average Bonchev–Trinajstić information content (AvgIpc) is 2.46. The molecule has 0 aliphatic rings. The molecule has 0 N–H and O–H groups in total. The maximum absolute atomic E-state index is 12.3. The van der Waals surface area contributed by atoms with Crippen molar-refractivity contribution in [1.82, 2.24) is 4.57 Å². The molecule has 0 amide bonds. The van der Waals surface area contributed by atoms with E-state index in [9.17, 15) is 12.9 Å². The van der Waals surface area contributed by atoms with Crippen molar-refractivity contribution in [1.29, 1.82) is 0 Å². The zero-order chi connectivity index (χ0) is 11.1. The number of hydrogen-bond donors (Lipinski definition) is 0. The minimum absolute atomic E-state index is 0. The zero-order valence-electron chi connectivity index (χ0n) is 9.25. The van der Waals surface area contributed by atoms with Gasteiger partial charge < -0.3 is 17.5 Å². The van der Waals surface area contributed by atoms with Crippen molar-refractivity contribution in [3.63, 3.8) is 0 Å². The topological polar surface area (TPSA) is 4.93 Å². The van der Waals surface area contributed by atoms with Crippen LogP contribution < -0.4 is 51.4 Å². The number of aromatic nitrogens is 1. The van der Waals surface area contributed by atoms with E-state index in [1.54, 1.807) is 12.1 Å². The summed E-state index contributed by atoms with van der Waals surface area (Å²) >= 11 is 0. The van der Waals surface area contributed by atoms with Crippen LogP contribution in [0.2, 0.25) is 0 Å². The predicted molar refractivity (Wildman–Crippen MR) is 55.8 cm³/mol. The van der Waals surface area contributed by atoms with Crippen LogP contribution in [0.5, 0.6) is 0 Å². The van der Waals surface area contributed by atoms with E-state index in [1.165, 1.54) is 10.8 Å². The molecule has 0 aliphatic heterocycles. The van der Waals surface area contributed by atoms with E-state index < -0.39 is 13.4 Å². The molecule has 16 heavy (non-hydrogen) atoms. The molecule has 0 aliphatic carbocycles. The molecule has 0 radical (unpaired) electrons. The van der Waals surface area contributed by atoms with Crippen LogP contribution >= 0.6 is 0 Å². The van der Waals surface area contributed by atoms with Crippen molar-refractivity contribution >= 4 is 17.9 Å². The first-order valence-electron chi connectivity index (χ1n) is 4.72. The van der Waals surface area contributed by atoms with Gasteiger partial charge in [0.15, 0.2) is 0 Å². The number of rotatable bonds is 2. The number of benzene rings is 1. The van der Waals surface area contributed by atoms with Crippen LogP contribution in [-0.2, 0) is 6.44 Å². The summed E-state index contributed by atoms with van der Waals surface area (Å²) in [5.41, 5.74) is 1.62. The molecule has 1 aromatic heterocycles. The summed E-state index contributed by atoms with van der Waals surface area (Å²) in [6, 6.07) is 7.21. The zero-order valence-corrected chi connectivity index (χ0v) is 12.4. The standard InChI is InChI=1S/C10H10BF3N.K/c1-8-2-3-9-4-5-15(10(9)6-8)7-11(12,13)14;/h2-6H,7H2,1H3;/q-1;+1. The van der Waals surface area contributed by atoms with E-state index in [1.807, 2.05) is 19.1 Å². The molecule has 0 fully saturated rings. The van der Waals surface area contributed by atoms with Crippen LogP contribution in [0.25, 0.3) is 10.9 Å². The van der Waals surface area contributed by atoms with Crippen molar-refractivity contribution in [2.75, 3.05) is 0 Å². The molecule has 1 aromatic carbocycles. The Morgan fingerprint density at radius 1 is 1.19 bits per heavy atom. The summed E-state index contributed by atoms with van der Waals surface area (Å²) in [5.74, 6) is 0. The fourth-order valence-electron chi connectivity index (χ4n) is 1.68. The minimum atomic E-state index is -4.78. The maximum Gasteiger partial charge on any atom is 1.00 e. The van der Waals surface area contributed by atoms with Gasteiger partial charge in [-0.25, -0.2) is 0 Å². The van der Waals surface area contributed by atoms with Gasteiger partial charge in [0.05, 0.1) is 0 Å². The quantitative estimate of drug-likeness (QED) is 0.678. The third-order valence-corrected chi connectivity index (χ3v) is 2.33. The van der Waals surface area contributed by atoms with Gasteiger partial charge in [0.2, 0.25) is 0 Å². The van der Waals surface area contributed by atoms with E-state index in [0.717, 1.165) is 10.9 Å². The average molecular weight is 251 g/mol. The minimum Gasteiger partial charge on any atom is -0.448 e. The smallest absolute Gasteiger partial charge is 0.448 e. The molecule has 0 unspecified atom stereocenters.